The number of ether oxygens (including phenoxy) is 1. The first-order valence-corrected chi connectivity index (χ1v) is 12.9. The highest BCUT2D eigenvalue weighted by Gasteiger charge is 2.23. The fourth-order valence-electron chi connectivity index (χ4n) is 1.99. The quantitative estimate of drug-likeness (QED) is 0.196. The van der Waals surface area contributed by atoms with Gasteiger partial charge < -0.3 is 4.74 Å². The number of halogens is 3. The molecule has 0 spiro atoms. The van der Waals surface area contributed by atoms with Crippen LogP contribution in [0, 0.1) is 0 Å². The number of rotatable bonds is 14. The van der Waals surface area contributed by atoms with Crippen molar-refractivity contribution in [1.29, 1.82) is 0 Å². The highest BCUT2D eigenvalue weighted by atomic mass is 35.8. The van der Waals surface area contributed by atoms with Gasteiger partial charge in [0.25, 0.3) is 0 Å². The summed E-state index contributed by atoms with van der Waals surface area (Å²) >= 11 is 17.4. The molecular formula is C14H29Cl3OSi. The van der Waals surface area contributed by atoms with Gasteiger partial charge in [-0.05, 0) is 18.9 Å². The Morgan fingerprint density at radius 3 is 1.68 bits per heavy atom. The Labute approximate surface area is 134 Å². The third-order valence-electron chi connectivity index (χ3n) is 3.14. The van der Waals surface area contributed by atoms with E-state index in [2.05, 4.69) is 6.92 Å². The van der Waals surface area contributed by atoms with Gasteiger partial charge in [-0.25, -0.2) is 0 Å². The van der Waals surface area contributed by atoms with Crippen LogP contribution in [0.3, 0.4) is 0 Å². The molecular weight excluding hydrogens is 319 g/mol. The van der Waals surface area contributed by atoms with Crippen molar-refractivity contribution < 1.29 is 4.74 Å². The van der Waals surface area contributed by atoms with Gasteiger partial charge in [-0.3, -0.25) is 0 Å². The fraction of sp³-hybridized carbons (Fsp3) is 1.00. The summed E-state index contributed by atoms with van der Waals surface area (Å²) in [4.78, 5) is 0. The first kappa shape index (κ1) is 20.0. The summed E-state index contributed by atoms with van der Waals surface area (Å²) in [6.45, 7) is 3.85. The minimum Gasteiger partial charge on any atom is -0.381 e. The molecule has 0 saturated carbocycles. The van der Waals surface area contributed by atoms with E-state index in [0.717, 1.165) is 19.6 Å². The van der Waals surface area contributed by atoms with Gasteiger partial charge in [0.1, 0.15) is 0 Å². The fourth-order valence-corrected chi connectivity index (χ4v) is 3.74. The van der Waals surface area contributed by atoms with E-state index in [4.69, 9.17) is 38.0 Å². The molecule has 0 rings (SSSR count). The van der Waals surface area contributed by atoms with Crippen LogP contribution in [0.5, 0.6) is 0 Å². The molecule has 0 unspecified atom stereocenters. The number of hydrogen-bond donors (Lipinski definition) is 0. The van der Waals surface area contributed by atoms with Gasteiger partial charge in [0, 0.05) is 13.2 Å². The van der Waals surface area contributed by atoms with Crippen LogP contribution in [-0.2, 0) is 4.74 Å². The molecule has 0 atom stereocenters. The lowest BCUT2D eigenvalue weighted by atomic mass is 10.1. The third-order valence-corrected chi connectivity index (χ3v) is 5.76. The summed E-state index contributed by atoms with van der Waals surface area (Å²) in [5.74, 6) is 0. The zero-order valence-electron chi connectivity index (χ0n) is 12.2. The van der Waals surface area contributed by atoms with Crippen LogP contribution in [0.15, 0.2) is 0 Å². The molecule has 1 nitrogen and oxygen atoms in total. The Kier molecular flexibility index (Phi) is 14.8. The van der Waals surface area contributed by atoms with Crippen LogP contribution in [0.1, 0.15) is 71.1 Å². The van der Waals surface area contributed by atoms with Crippen molar-refractivity contribution in [3.05, 3.63) is 0 Å². The smallest absolute Gasteiger partial charge is 0.341 e. The molecule has 116 valence electrons. The van der Waals surface area contributed by atoms with Crippen molar-refractivity contribution in [3.8, 4) is 0 Å². The minimum atomic E-state index is -2.42. The molecule has 0 amide bonds. The van der Waals surface area contributed by atoms with Crippen molar-refractivity contribution in [2.24, 2.45) is 0 Å². The Morgan fingerprint density at radius 1 is 0.684 bits per heavy atom. The molecule has 0 aromatic heterocycles. The normalized spacial score (nSPS) is 12.0. The minimum absolute atomic E-state index is 0.704. The van der Waals surface area contributed by atoms with E-state index in [-0.39, 0.29) is 0 Å². The maximum absolute atomic E-state index is 5.79. The van der Waals surface area contributed by atoms with Gasteiger partial charge in [0.2, 0.25) is 0 Å². The standard InChI is InChI=1S/C14H29Cl3OSi/c1-2-3-4-5-6-7-8-9-10-12-18-13-11-14-19(15,16)17/h2-14H2,1H3. The van der Waals surface area contributed by atoms with Crippen molar-refractivity contribution in [2.75, 3.05) is 13.2 Å². The van der Waals surface area contributed by atoms with Gasteiger partial charge in [-0.1, -0.05) is 58.3 Å². The second-order valence-electron chi connectivity index (χ2n) is 5.16. The first-order valence-electron chi connectivity index (χ1n) is 7.70. The molecule has 0 aromatic carbocycles. The Hall–Kier alpha value is 1.05. The predicted molar refractivity (Wildman–Crippen MR) is 90.8 cm³/mol. The van der Waals surface area contributed by atoms with E-state index in [1.807, 2.05) is 0 Å². The molecule has 5 heteroatoms. The Bertz CT molecular complexity index is 186. The van der Waals surface area contributed by atoms with Crippen molar-refractivity contribution >= 4 is 39.2 Å². The van der Waals surface area contributed by atoms with Gasteiger partial charge in [0.05, 0.1) is 0 Å². The summed E-state index contributed by atoms with van der Waals surface area (Å²) in [6, 6.07) is -1.72. The number of hydrogen-bond acceptors (Lipinski definition) is 1. The summed E-state index contributed by atoms with van der Waals surface area (Å²) in [5, 5.41) is 0. The predicted octanol–water partition coefficient (Wildman–Crippen LogP) is 6.58. The maximum Gasteiger partial charge on any atom is 0.341 e. The highest BCUT2D eigenvalue weighted by Crippen LogP contribution is 2.26. The zero-order valence-corrected chi connectivity index (χ0v) is 15.5. The third kappa shape index (κ3) is 19.0. The lowest BCUT2D eigenvalue weighted by molar-refractivity contribution is 0.130. The van der Waals surface area contributed by atoms with E-state index in [1.54, 1.807) is 0 Å². The van der Waals surface area contributed by atoms with E-state index in [0.29, 0.717) is 6.04 Å². The van der Waals surface area contributed by atoms with Crippen LogP contribution >= 0.6 is 33.2 Å². The average molecular weight is 348 g/mol. The molecule has 0 N–H and O–H groups in total. The van der Waals surface area contributed by atoms with Gasteiger partial charge in [-0.15, -0.1) is 33.2 Å². The molecule has 0 aliphatic carbocycles. The van der Waals surface area contributed by atoms with E-state index < -0.39 is 6.00 Å². The van der Waals surface area contributed by atoms with E-state index in [9.17, 15) is 0 Å². The lowest BCUT2D eigenvalue weighted by Crippen LogP contribution is -2.10. The molecule has 0 aliphatic rings. The topological polar surface area (TPSA) is 9.23 Å². The van der Waals surface area contributed by atoms with Crippen molar-refractivity contribution in [2.45, 2.75) is 77.2 Å². The van der Waals surface area contributed by atoms with Crippen LogP contribution in [-0.4, -0.2) is 19.2 Å². The monoisotopic (exact) mass is 346 g/mol. The van der Waals surface area contributed by atoms with Gasteiger partial charge in [-0.2, -0.15) is 0 Å². The summed E-state index contributed by atoms with van der Waals surface area (Å²) in [5.41, 5.74) is 0. The Morgan fingerprint density at radius 2 is 1.16 bits per heavy atom. The molecule has 0 saturated heterocycles. The molecule has 0 fully saturated rings. The van der Waals surface area contributed by atoms with Crippen LogP contribution in [0.4, 0.5) is 0 Å². The van der Waals surface area contributed by atoms with Crippen LogP contribution in [0.2, 0.25) is 6.04 Å². The first-order chi connectivity index (χ1) is 9.06. The van der Waals surface area contributed by atoms with Crippen LogP contribution < -0.4 is 0 Å². The van der Waals surface area contributed by atoms with Crippen molar-refractivity contribution in [3.63, 3.8) is 0 Å². The molecule has 0 aromatic rings. The summed E-state index contributed by atoms with van der Waals surface area (Å²) in [6.07, 6.45) is 13.0. The highest BCUT2D eigenvalue weighted by molar-refractivity contribution is 7.64. The zero-order chi connectivity index (χ0) is 14.4. The molecule has 19 heavy (non-hydrogen) atoms. The summed E-state index contributed by atoms with van der Waals surface area (Å²) in [7, 11) is 0. The van der Waals surface area contributed by atoms with Crippen LogP contribution in [0.25, 0.3) is 0 Å². The molecule has 0 radical (unpaired) electrons. The second kappa shape index (κ2) is 14.0. The van der Waals surface area contributed by atoms with Gasteiger partial charge >= 0.3 is 6.00 Å². The molecule has 0 heterocycles. The Balaban J connectivity index is 2.99. The molecule has 0 bridgehead atoms. The number of unbranched alkanes of at least 4 members (excludes halogenated alkanes) is 8. The molecule has 0 aliphatic heterocycles. The second-order valence-corrected chi connectivity index (χ2v) is 14.4. The van der Waals surface area contributed by atoms with Gasteiger partial charge in [0.15, 0.2) is 0 Å². The van der Waals surface area contributed by atoms with Crippen molar-refractivity contribution in [1.82, 2.24) is 0 Å². The van der Waals surface area contributed by atoms with E-state index >= 15 is 0 Å². The average Bonchev–Trinajstić information content (AvgIpc) is 2.34. The largest absolute Gasteiger partial charge is 0.381 e. The SMILES string of the molecule is CCCCCCCCCCCOCCC[Si](Cl)(Cl)Cl. The maximum atomic E-state index is 5.79. The van der Waals surface area contributed by atoms with E-state index in [1.165, 1.54) is 57.8 Å². The lowest BCUT2D eigenvalue weighted by Gasteiger charge is -2.08. The summed E-state index contributed by atoms with van der Waals surface area (Å²) < 4.78 is 5.53.